The molecule has 0 aliphatic carbocycles. The molecular weight excluding hydrogens is 291 g/mol. The Morgan fingerprint density at radius 3 is 2.43 bits per heavy atom. The van der Waals surface area contributed by atoms with E-state index in [1.165, 1.54) is 30.3 Å². The van der Waals surface area contributed by atoms with E-state index in [1.54, 1.807) is 26.0 Å². The van der Waals surface area contributed by atoms with Crippen LogP contribution in [0, 0.1) is 12.7 Å². The second kappa shape index (κ2) is 5.73. The summed E-state index contributed by atoms with van der Waals surface area (Å²) in [5.74, 6) is -0.581. The van der Waals surface area contributed by atoms with Gasteiger partial charge in [-0.2, -0.15) is 0 Å². The van der Waals surface area contributed by atoms with Crippen LogP contribution in [0.4, 0.5) is 15.8 Å². The van der Waals surface area contributed by atoms with Crippen molar-refractivity contribution in [3.63, 3.8) is 0 Å². The molecule has 6 heteroatoms. The van der Waals surface area contributed by atoms with E-state index in [4.69, 9.17) is 5.73 Å². The quantitative estimate of drug-likeness (QED) is 0.883. The van der Waals surface area contributed by atoms with Gasteiger partial charge in [0.15, 0.2) is 0 Å². The molecule has 0 saturated carbocycles. The average molecular weight is 308 g/mol. The minimum absolute atomic E-state index is 0.0270. The number of anilines is 2. The van der Waals surface area contributed by atoms with Crippen molar-refractivity contribution < 1.29 is 12.8 Å². The van der Waals surface area contributed by atoms with Crippen LogP contribution in [0.15, 0.2) is 47.4 Å². The van der Waals surface area contributed by atoms with Crippen molar-refractivity contribution in [3.05, 3.63) is 53.8 Å². The monoisotopic (exact) mass is 308 g/mol. The van der Waals surface area contributed by atoms with Crippen LogP contribution < -0.4 is 10.0 Å². The maximum atomic E-state index is 13.9. The normalized spacial score (nSPS) is 11.4. The van der Waals surface area contributed by atoms with E-state index in [0.29, 0.717) is 5.69 Å². The highest BCUT2D eigenvalue weighted by Gasteiger charge is 2.25. The summed E-state index contributed by atoms with van der Waals surface area (Å²) >= 11 is 0. The molecule has 0 radical (unpaired) electrons. The SMILES string of the molecule is CCN(c1ccccc1F)S(=O)(=O)c1ccc(C)c(N)c1. The Kier molecular flexibility index (Phi) is 4.18. The Morgan fingerprint density at radius 2 is 1.86 bits per heavy atom. The van der Waals surface area contributed by atoms with Gasteiger partial charge in [0.1, 0.15) is 5.82 Å². The number of hydrogen-bond acceptors (Lipinski definition) is 3. The molecule has 2 aromatic rings. The van der Waals surface area contributed by atoms with Crippen LogP contribution in [-0.2, 0) is 10.0 Å². The first-order valence-electron chi connectivity index (χ1n) is 6.51. The number of halogens is 1. The Balaban J connectivity index is 2.55. The van der Waals surface area contributed by atoms with E-state index >= 15 is 0 Å². The fraction of sp³-hybridized carbons (Fsp3) is 0.200. The van der Waals surface area contributed by atoms with E-state index in [1.807, 2.05) is 0 Å². The highest BCUT2D eigenvalue weighted by molar-refractivity contribution is 7.92. The molecule has 0 aliphatic rings. The zero-order chi connectivity index (χ0) is 15.6. The molecule has 2 rings (SSSR count). The molecule has 0 bridgehead atoms. The summed E-state index contributed by atoms with van der Waals surface area (Å²) in [6, 6.07) is 10.3. The summed E-state index contributed by atoms with van der Waals surface area (Å²) in [5, 5.41) is 0. The van der Waals surface area contributed by atoms with Crippen LogP contribution >= 0.6 is 0 Å². The Labute approximate surface area is 124 Å². The van der Waals surface area contributed by atoms with Crippen molar-refractivity contribution >= 4 is 21.4 Å². The van der Waals surface area contributed by atoms with E-state index in [2.05, 4.69) is 0 Å². The second-order valence-corrected chi connectivity index (χ2v) is 6.50. The van der Waals surface area contributed by atoms with Crippen LogP contribution in [0.1, 0.15) is 12.5 Å². The summed E-state index contributed by atoms with van der Waals surface area (Å²) in [6.07, 6.45) is 0. The first kappa shape index (κ1) is 15.3. The predicted octanol–water partition coefficient (Wildman–Crippen LogP) is 2.93. The van der Waals surface area contributed by atoms with Crippen molar-refractivity contribution in [2.24, 2.45) is 0 Å². The maximum absolute atomic E-state index is 13.9. The number of sulfonamides is 1. The number of aryl methyl sites for hydroxylation is 1. The van der Waals surface area contributed by atoms with Crippen molar-refractivity contribution in [2.75, 3.05) is 16.6 Å². The van der Waals surface area contributed by atoms with Crippen LogP contribution in [0.5, 0.6) is 0 Å². The number of benzene rings is 2. The van der Waals surface area contributed by atoms with Gasteiger partial charge in [-0.25, -0.2) is 12.8 Å². The molecule has 0 aromatic heterocycles. The van der Waals surface area contributed by atoms with Gasteiger partial charge >= 0.3 is 0 Å². The Hall–Kier alpha value is -2.08. The number of rotatable bonds is 4. The number of nitrogens with two attached hydrogens (primary N) is 1. The first-order valence-corrected chi connectivity index (χ1v) is 7.95. The lowest BCUT2D eigenvalue weighted by Gasteiger charge is -2.23. The lowest BCUT2D eigenvalue weighted by Crippen LogP contribution is -2.31. The van der Waals surface area contributed by atoms with Crippen molar-refractivity contribution in [2.45, 2.75) is 18.7 Å². The molecule has 0 fully saturated rings. The molecule has 0 atom stereocenters. The zero-order valence-corrected chi connectivity index (χ0v) is 12.7. The molecule has 0 spiro atoms. The smallest absolute Gasteiger partial charge is 0.264 e. The van der Waals surface area contributed by atoms with E-state index < -0.39 is 15.8 Å². The number of hydrogen-bond donors (Lipinski definition) is 1. The minimum Gasteiger partial charge on any atom is -0.398 e. The molecule has 2 N–H and O–H groups in total. The highest BCUT2D eigenvalue weighted by atomic mass is 32.2. The summed E-state index contributed by atoms with van der Waals surface area (Å²) in [6.45, 7) is 3.57. The molecule has 2 aromatic carbocycles. The Bertz CT molecular complexity index is 760. The standard InChI is InChI=1S/C15H17FN2O2S/c1-3-18(15-7-5-4-6-13(15)16)21(19,20)12-9-8-11(2)14(17)10-12/h4-10H,3,17H2,1-2H3. The molecule has 112 valence electrons. The van der Waals surface area contributed by atoms with Gasteiger partial charge in [0, 0.05) is 12.2 Å². The van der Waals surface area contributed by atoms with Gasteiger partial charge in [-0.15, -0.1) is 0 Å². The predicted molar refractivity (Wildman–Crippen MR) is 82.2 cm³/mol. The van der Waals surface area contributed by atoms with Gasteiger partial charge in [-0.3, -0.25) is 4.31 Å². The van der Waals surface area contributed by atoms with Crippen LogP contribution in [0.2, 0.25) is 0 Å². The van der Waals surface area contributed by atoms with Gasteiger partial charge in [-0.05, 0) is 43.7 Å². The van der Waals surface area contributed by atoms with Gasteiger partial charge < -0.3 is 5.73 Å². The topological polar surface area (TPSA) is 63.4 Å². The van der Waals surface area contributed by atoms with Crippen molar-refractivity contribution in [1.82, 2.24) is 0 Å². The number of para-hydroxylation sites is 1. The van der Waals surface area contributed by atoms with Crippen LogP contribution in [-0.4, -0.2) is 15.0 Å². The molecule has 0 saturated heterocycles. The zero-order valence-electron chi connectivity index (χ0n) is 11.9. The third kappa shape index (κ3) is 2.85. The molecule has 0 heterocycles. The number of nitrogen functional groups attached to an aromatic ring is 1. The molecule has 4 nitrogen and oxygen atoms in total. The molecule has 0 unspecified atom stereocenters. The third-order valence-corrected chi connectivity index (χ3v) is 5.13. The summed E-state index contributed by atoms with van der Waals surface area (Å²) < 4.78 is 40.3. The molecule has 0 amide bonds. The highest BCUT2D eigenvalue weighted by Crippen LogP contribution is 2.27. The second-order valence-electron chi connectivity index (χ2n) is 4.64. The Morgan fingerprint density at radius 1 is 1.19 bits per heavy atom. The minimum atomic E-state index is -3.85. The van der Waals surface area contributed by atoms with Gasteiger partial charge in [-0.1, -0.05) is 18.2 Å². The molecule has 0 aliphatic heterocycles. The maximum Gasteiger partial charge on any atom is 0.264 e. The lowest BCUT2D eigenvalue weighted by molar-refractivity contribution is 0.586. The summed E-state index contributed by atoms with van der Waals surface area (Å²) in [7, 11) is -3.85. The van der Waals surface area contributed by atoms with Gasteiger partial charge in [0.25, 0.3) is 10.0 Å². The van der Waals surface area contributed by atoms with E-state index in [-0.39, 0.29) is 17.1 Å². The van der Waals surface area contributed by atoms with Crippen molar-refractivity contribution in [1.29, 1.82) is 0 Å². The van der Waals surface area contributed by atoms with Crippen LogP contribution in [0.3, 0.4) is 0 Å². The van der Waals surface area contributed by atoms with Crippen molar-refractivity contribution in [3.8, 4) is 0 Å². The first-order chi connectivity index (χ1) is 9.87. The number of nitrogens with zero attached hydrogens (tertiary/aromatic N) is 1. The lowest BCUT2D eigenvalue weighted by atomic mass is 10.2. The summed E-state index contributed by atoms with van der Waals surface area (Å²) in [5.41, 5.74) is 6.98. The molecule has 21 heavy (non-hydrogen) atoms. The summed E-state index contributed by atoms with van der Waals surface area (Å²) in [4.78, 5) is 0.0516. The van der Waals surface area contributed by atoms with Gasteiger partial charge in [0.2, 0.25) is 0 Å². The van der Waals surface area contributed by atoms with Gasteiger partial charge in [0.05, 0.1) is 10.6 Å². The third-order valence-electron chi connectivity index (χ3n) is 3.25. The van der Waals surface area contributed by atoms with E-state index in [0.717, 1.165) is 9.87 Å². The largest absolute Gasteiger partial charge is 0.398 e. The average Bonchev–Trinajstić information content (AvgIpc) is 2.44. The van der Waals surface area contributed by atoms with E-state index in [9.17, 15) is 12.8 Å². The van der Waals surface area contributed by atoms with Crippen LogP contribution in [0.25, 0.3) is 0 Å². The fourth-order valence-electron chi connectivity index (χ4n) is 2.03. The molecular formula is C15H17FN2O2S. The fourth-order valence-corrected chi connectivity index (χ4v) is 3.55.